The van der Waals surface area contributed by atoms with Crippen LogP contribution in [-0.2, 0) is 0 Å². The van der Waals surface area contributed by atoms with Gasteiger partial charge in [-0.25, -0.2) is 0 Å². The minimum Gasteiger partial charge on any atom is -0.507 e. The zero-order chi connectivity index (χ0) is 19.3. The van der Waals surface area contributed by atoms with Crippen molar-refractivity contribution in [2.75, 3.05) is 6.61 Å². The highest BCUT2D eigenvalue weighted by Gasteiger charge is 2.13. The van der Waals surface area contributed by atoms with Crippen LogP contribution in [0, 0.1) is 0 Å². The first-order chi connectivity index (χ1) is 13.3. The van der Waals surface area contributed by atoms with Crippen LogP contribution in [0.5, 0.6) is 11.5 Å². The molecule has 0 aromatic heterocycles. The Morgan fingerprint density at radius 2 is 1.56 bits per heavy atom. The molecule has 2 aromatic carbocycles. The van der Waals surface area contributed by atoms with Crippen LogP contribution in [0.3, 0.4) is 0 Å². The number of hydrogen-bond donors (Lipinski definition) is 2. The van der Waals surface area contributed by atoms with Crippen molar-refractivity contribution >= 4 is 5.71 Å². The largest absolute Gasteiger partial charge is 0.507 e. The lowest BCUT2D eigenvalue weighted by Crippen LogP contribution is -2.05. The molecule has 0 heterocycles. The molecule has 2 aromatic rings. The van der Waals surface area contributed by atoms with Gasteiger partial charge in [-0.2, -0.15) is 0 Å². The first-order valence-electron chi connectivity index (χ1n) is 10.00. The zero-order valence-corrected chi connectivity index (χ0v) is 16.2. The zero-order valence-electron chi connectivity index (χ0n) is 16.2. The van der Waals surface area contributed by atoms with Crippen LogP contribution in [-0.4, -0.2) is 22.6 Å². The van der Waals surface area contributed by atoms with Gasteiger partial charge in [-0.3, -0.25) is 0 Å². The quantitative estimate of drug-likeness (QED) is 0.204. The van der Waals surface area contributed by atoms with Gasteiger partial charge in [-0.1, -0.05) is 87.4 Å². The van der Waals surface area contributed by atoms with Gasteiger partial charge in [0.15, 0.2) is 0 Å². The van der Waals surface area contributed by atoms with Gasteiger partial charge >= 0.3 is 0 Å². The molecule has 0 aliphatic heterocycles. The summed E-state index contributed by atoms with van der Waals surface area (Å²) in [6.07, 6.45) is 10.1. The van der Waals surface area contributed by atoms with Crippen molar-refractivity contribution in [2.45, 2.75) is 58.3 Å². The van der Waals surface area contributed by atoms with E-state index in [0.29, 0.717) is 23.6 Å². The van der Waals surface area contributed by atoms with E-state index in [4.69, 9.17) is 4.74 Å². The van der Waals surface area contributed by atoms with Gasteiger partial charge in [0, 0.05) is 11.1 Å². The fourth-order valence-electron chi connectivity index (χ4n) is 3.08. The number of rotatable bonds is 12. The molecule has 0 aliphatic carbocycles. The summed E-state index contributed by atoms with van der Waals surface area (Å²) in [4.78, 5) is 0. The van der Waals surface area contributed by atoms with Gasteiger partial charge in [0.25, 0.3) is 0 Å². The number of benzene rings is 2. The van der Waals surface area contributed by atoms with Crippen molar-refractivity contribution in [3.63, 3.8) is 0 Å². The van der Waals surface area contributed by atoms with Gasteiger partial charge in [-0.15, -0.1) is 0 Å². The summed E-state index contributed by atoms with van der Waals surface area (Å²) in [6.45, 7) is 2.89. The second-order valence-corrected chi connectivity index (χ2v) is 6.82. The molecule has 0 spiro atoms. The Morgan fingerprint density at radius 3 is 2.22 bits per heavy atom. The summed E-state index contributed by atoms with van der Waals surface area (Å²) in [5.41, 5.74) is 1.51. The molecule has 146 valence electrons. The molecular weight excluding hydrogens is 338 g/mol. The molecule has 2 rings (SSSR count). The van der Waals surface area contributed by atoms with Gasteiger partial charge in [0.05, 0.1) is 6.61 Å². The van der Waals surface area contributed by atoms with Crippen LogP contribution in [0.4, 0.5) is 0 Å². The Kier molecular flexibility index (Phi) is 9.25. The Hall–Kier alpha value is -2.49. The number of ether oxygens (including phenoxy) is 1. The third-order valence-electron chi connectivity index (χ3n) is 4.64. The number of phenols is 1. The summed E-state index contributed by atoms with van der Waals surface area (Å²) >= 11 is 0. The van der Waals surface area contributed by atoms with Crippen molar-refractivity contribution in [1.82, 2.24) is 0 Å². The number of phenolic OH excluding ortho intramolecular Hbond substituents is 1. The topological polar surface area (TPSA) is 62.0 Å². The van der Waals surface area contributed by atoms with Crippen molar-refractivity contribution in [3.05, 3.63) is 59.7 Å². The van der Waals surface area contributed by atoms with E-state index < -0.39 is 0 Å². The maximum Gasteiger partial charge on any atom is 0.125 e. The first-order valence-corrected chi connectivity index (χ1v) is 10.00. The number of nitrogens with zero attached hydrogens (tertiary/aromatic N) is 1. The fourth-order valence-corrected chi connectivity index (χ4v) is 3.08. The van der Waals surface area contributed by atoms with Gasteiger partial charge in [0.2, 0.25) is 0 Å². The first kappa shape index (κ1) is 20.8. The van der Waals surface area contributed by atoms with E-state index in [9.17, 15) is 10.3 Å². The molecule has 0 amide bonds. The van der Waals surface area contributed by atoms with Crippen molar-refractivity contribution in [3.8, 4) is 11.5 Å². The summed E-state index contributed by atoms with van der Waals surface area (Å²) in [6, 6.07) is 14.3. The van der Waals surface area contributed by atoms with E-state index in [1.807, 2.05) is 30.3 Å². The lowest BCUT2D eigenvalue weighted by atomic mass is 10.0. The van der Waals surface area contributed by atoms with E-state index >= 15 is 0 Å². The van der Waals surface area contributed by atoms with Crippen molar-refractivity contribution in [1.29, 1.82) is 0 Å². The Labute approximate surface area is 162 Å². The number of unbranched alkanes of at least 4 members (excludes halogenated alkanes) is 7. The molecule has 0 radical (unpaired) electrons. The number of hydrogen-bond acceptors (Lipinski definition) is 4. The summed E-state index contributed by atoms with van der Waals surface area (Å²) in [5.74, 6) is 0.730. The second kappa shape index (κ2) is 12.0. The average molecular weight is 370 g/mol. The molecule has 0 atom stereocenters. The minimum absolute atomic E-state index is 0.0612. The summed E-state index contributed by atoms with van der Waals surface area (Å²) in [7, 11) is 0. The van der Waals surface area contributed by atoms with E-state index in [1.54, 1.807) is 18.2 Å². The van der Waals surface area contributed by atoms with E-state index in [1.165, 1.54) is 44.9 Å². The molecule has 0 bridgehead atoms. The van der Waals surface area contributed by atoms with Gasteiger partial charge in [0.1, 0.15) is 17.2 Å². The number of oxime groups is 1. The molecule has 4 heteroatoms. The molecular formula is C23H31NO3. The van der Waals surface area contributed by atoms with Crippen LogP contribution in [0.1, 0.15) is 69.4 Å². The van der Waals surface area contributed by atoms with Crippen molar-refractivity contribution in [2.24, 2.45) is 5.16 Å². The van der Waals surface area contributed by atoms with Crippen LogP contribution in [0.15, 0.2) is 53.7 Å². The highest BCUT2D eigenvalue weighted by atomic mass is 16.5. The number of aromatic hydroxyl groups is 1. The third-order valence-corrected chi connectivity index (χ3v) is 4.64. The fraction of sp³-hybridized carbons (Fsp3) is 0.435. The molecule has 0 saturated heterocycles. The lowest BCUT2D eigenvalue weighted by Gasteiger charge is -2.11. The predicted molar refractivity (Wildman–Crippen MR) is 110 cm³/mol. The van der Waals surface area contributed by atoms with Gasteiger partial charge in [-0.05, 0) is 24.6 Å². The minimum atomic E-state index is 0.0612. The van der Waals surface area contributed by atoms with Gasteiger partial charge < -0.3 is 15.1 Å². The Bertz CT molecular complexity index is 698. The molecule has 0 aliphatic rings. The Morgan fingerprint density at radius 1 is 0.889 bits per heavy atom. The molecule has 4 nitrogen and oxygen atoms in total. The highest BCUT2D eigenvalue weighted by Crippen LogP contribution is 2.26. The maximum atomic E-state index is 10.2. The standard InChI is InChI=1S/C23H31NO3/c1-2-3-4-5-6-7-8-12-17-27-20-15-16-22(25)21(18-20)23(24-26)19-13-10-9-11-14-19/h9-11,13-16,18,25-26H,2-8,12,17H2,1H3. The molecule has 0 saturated carbocycles. The molecule has 0 unspecified atom stereocenters. The highest BCUT2D eigenvalue weighted by molar-refractivity contribution is 6.14. The summed E-state index contributed by atoms with van der Waals surface area (Å²) < 4.78 is 5.83. The third kappa shape index (κ3) is 6.97. The van der Waals surface area contributed by atoms with E-state index in [-0.39, 0.29) is 5.75 Å². The maximum absolute atomic E-state index is 10.2. The average Bonchev–Trinajstić information content (AvgIpc) is 2.70. The van der Waals surface area contributed by atoms with E-state index in [0.717, 1.165) is 12.0 Å². The summed E-state index contributed by atoms with van der Waals surface area (Å²) in [5, 5.41) is 23.0. The van der Waals surface area contributed by atoms with Crippen LogP contribution < -0.4 is 4.74 Å². The smallest absolute Gasteiger partial charge is 0.125 e. The lowest BCUT2D eigenvalue weighted by molar-refractivity contribution is 0.303. The van der Waals surface area contributed by atoms with Crippen molar-refractivity contribution < 1.29 is 15.1 Å². The Balaban J connectivity index is 1.84. The monoisotopic (exact) mass is 369 g/mol. The normalized spacial score (nSPS) is 11.5. The van der Waals surface area contributed by atoms with Crippen LogP contribution >= 0.6 is 0 Å². The van der Waals surface area contributed by atoms with Crippen LogP contribution in [0.25, 0.3) is 0 Å². The predicted octanol–water partition coefficient (Wildman–Crippen LogP) is 6.14. The van der Waals surface area contributed by atoms with Crippen LogP contribution in [0.2, 0.25) is 0 Å². The SMILES string of the molecule is CCCCCCCCCCOc1ccc(O)c(C(=NO)c2ccccc2)c1. The second-order valence-electron chi connectivity index (χ2n) is 6.82. The molecule has 0 fully saturated rings. The van der Waals surface area contributed by atoms with E-state index in [2.05, 4.69) is 12.1 Å². The molecule has 27 heavy (non-hydrogen) atoms. The molecule has 2 N–H and O–H groups in total.